The lowest BCUT2D eigenvalue weighted by atomic mass is 9.79. The molecule has 128 valence electrons. The zero-order chi connectivity index (χ0) is 16.9. The van der Waals surface area contributed by atoms with Crippen LogP contribution in [0.5, 0.6) is 0 Å². The van der Waals surface area contributed by atoms with Crippen molar-refractivity contribution >= 4 is 0 Å². The normalized spacial score (nSPS) is 23.4. The summed E-state index contributed by atoms with van der Waals surface area (Å²) < 4.78 is 6.29. The molecule has 0 saturated carbocycles. The lowest BCUT2D eigenvalue weighted by Crippen LogP contribution is -2.46. The summed E-state index contributed by atoms with van der Waals surface area (Å²) in [6.45, 7) is 2.29. The van der Waals surface area contributed by atoms with Gasteiger partial charge in [0.2, 0.25) is 0 Å². The lowest BCUT2D eigenvalue weighted by Gasteiger charge is -2.37. The molecular formula is C20H22N4O. The largest absolute Gasteiger partial charge is 0.371 e. The average Bonchev–Trinajstić information content (AvgIpc) is 3.22. The second-order valence-corrected chi connectivity index (χ2v) is 6.39. The van der Waals surface area contributed by atoms with Crippen molar-refractivity contribution in [1.82, 2.24) is 20.3 Å². The number of imidazole rings is 1. The first-order valence-electron chi connectivity index (χ1n) is 8.67. The van der Waals surface area contributed by atoms with Crippen molar-refractivity contribution in [3.63, 3.8) is 0 Å². The summed E-state index contributed by atoms with van der Waals surface area (Å²) in [4.78, 5) is 12.0. The number of benzene rings is 1. The smallest absolute Gasteiger partial charge is 0.112 e. The van der Waals surface area contributed by atoms with Crippen molar-refractivity contribution in [1.29, 1.82) is 0 Å². The van der Waals surface area contributed by atoms with E-state index < -0.39 is 0 Å². The Balaban J connectivity index is 1.58. The number of piperidine rings is 1. The van der Waals surface area contributed by atoms with Gasteiger partial charge in [-0.3, -0.25) is 4.98 Å². The fraction of sp³-hybridized carbons (Fsp3) is 0.300. The molecule has 1 fully saturated rings. The fourth-order valence-electron chi connectivity index (χ4n) is 3.60. The van der Waals surface area contributed by atoms with Crippen LogP contribution < -0.4 is 5.32 Å². The zero-order valence-electron chi connectivity index (χ0n) is 14.0. The van der Waals surface area contributed by atoms with Crippen molar-refractivity contribution in [2.24, 2.45) is 0 Å². The highest BCUT2D eigenvalue weighted by Crippen LogP contribution is 2.37. The maximum Gasteiger partial charge on any atom is 0.112 e. The van der Waals surface area contributed by atoms with Gasteiger partial charge in [-0.2, -0.15) is 0 Å². The van der Waals surface area contributed by atoms with Gasteiger partial charge in [-0.25, -0.2) is 4.98 Å². The number of aromatic amines is 1. The molecule has 0 radical (unpaired) electrons. The van der Waals surface area contributed by atoms with E-state index in [0.29, 0.717) is 12.5 Å². The van der Waals surface area contributed by atoms with Gasteiger partial charge in [0, 0.05) is 43.8 Å². The number of aromatic nitrogens is 3. The maximum atomic E-state index is 6.29. The van der Waals surface area contributed by atoms with Crippen LogP contribution in [0.25, 0.3) is 0 Å². The number of H-pyrrole nitrogens is 1. The summed E-state index contributed by atoms with van der Waals surface area (Å²) in [7, 11) is 0. The Morgan fingerprint density at radius 3 is 2.72 bits per heavy atom. The molecule has 25 heavy (non-hydrogen) atoms. The Labute approximate surface area is 147 Å². The summed E-state index contributed by atoms with van der Waals surface area (Å²) in [5.74, 6) is 1.50. The molecule has 2 N–H and O–H groups in total. The van der Waals surface area contributed by atoms with Crippen LogP contribution in [0.4, 0.5) is 0 Å². The molecule has 0 spiro atoms. The molecule has 1 saturated heterocycles. The van der Waals surface area contributed by atoms with E-state index in [1.807, 2.05) is 30.7 Å². The van der Waals surface area contributed by atoms with E-state index >= 15 is 0 Å². The minimum absolute atomic E-state index is 0.0466. The molecule has 1 aliphatic rings. The average molecular weight is 334 g/mol. The van der Waals surface area contributed by atoms with E-state index in [1.54, 1.807) is 6.20 Å². The second-order valence-electron chi connectivity index (χ2n) is 6.39. The predicted molar refractivity (Wildman–Crippen MR) is 96.2 cm³/mol. The molecule has 1 aliphatic heterocycles. The van der Waals surface area contributed by atoms with Crippen molar-refractivity contribution in [3.05, 3.63) is 84.2 Å². The van der Waals surface area contributed by atoms with Gasteiger partial charge >= 0.3 is 0 Å². The first-order valence-corrected chi connectivity index (χ1v) is 8.67. The van der Waals surface area contributed by atoms with E-state index in [1.165, 1.54) is 5.56 Å². The minimum atomic E-state index is 0.0466. The van der Waals surface area contributed by atoms with E-state index in [4.69, 9.17) is 4.74 Å². The van der Waals surface area contributed by atoms with Crippen LogP contribution in [0, 0.1) is 0 Å². The predicted octanol–water partition coefficient (Wildman–Crippen LogP) is 2.86. The monoisotopic (exact) mass is 334 g/mol. The Kier molecular flexibility index (Phi) is 4.86. The van der Waals surface area contributed by atoms with Crippen LogP contribution in [-0.4, -0.2) is 34.1 Å². The van der Waals surface area contributed by atoms with Crippen LogP contribution >= 0.6 is 0 Å². The van der Waals surface area contributed by atoms with Crippen LogP contribution in [0.1, 0.15) is 28.8 Å². The van der Waals surface area contributed by atoms with Crippen molar-refractivity contribution in [3.8, 4) is 0 Å². The highest BCUT2D eigenvalue weighted by atomic mass is 16.5. The van der Waals surface area contributed by atoms with Gasteiger partial charge in [0.05, 0.1) is 18.6 Å². The molecule has 5 nitrogen and oxygen atoms in total. The Bertz CT molecular complexity index is 761. The number of pyridine rings is 1. The van der Waals surface area contributed by atoms with Crippen LogP contribution in [-0.2, 0) is 11.3 Å². The molecule has 3 unspecified atom stereocenters. The zero-order valence-corrected chi connectivity index (χ0v) is 14.0. The van der Waals surface area contributed by atoms with Crippen LogP contribution in [0.3, 0.4) is 0 Å². The summed E-state index contributed by atoms with van der Waals surface area (Å²) in [6.07, 6.45) is 7.38. The molecule has 5 heteroatoms. The van der Waals surface area contributed by atoms with Crippen LogP contribution in [0.2, 0.25) is 0 Å². The standard InChI is InChI=1S/C20H22N4O/c1-2-6-16(7-3-1)17-12-22-13-18(19(17)20-23-9-10-24-20)25-14-15-5-4-8-21-11-15/h1-11,17-19,22H,12-14H2,(H,23,24). The molecule has 4 rings (SSSR count). The summed E-state index contributed by atoms with van der Waals surface area (Å²) in [5, 5.41) is 3.53. The molecule has 0 bridgehead atoms. The van der Waals surface area contributed by atoms with Crippen molar-refractivity contribution < 1.29 is 4.74 Å². The van der Waals surface area contributed by atoms with Crippen molar-refractivity contribution in [2.45, 2.75) is 24.5 Å². The summed E-state index contributed by atoms with van der Waals surface area (Å²) in [6, 6.07) is 14.6. The van der Waals surface area contributed by atoms with Crippen LogP contribution in [0.15, 0.2) is 67.3 Å². The molecule has 0 amide bonds. The maximum absolute atomic E-state index is 6.29. The minimum Gasteiger partial charge on any atom is -0.371 e. The fourth-order valence-corrected chi connectivity index (χ4v) is 3.60. The third-order valence-electron chi connectivity index (χ3n) is 4.79. The Morgan fingerprint density at radius 1 is 1.04 bits per heavy atom. The first kappa shape index (κ1) is 16.0. The van der Waals surface area contributed by atoms with Gasteiger partial charge in [0.25, 0.3) is 0 Å². The molecule has 3 atom stereocenters. The summed E-state index contributed by atoms with van der Waals surface area (Å²) in [5.41, 5.74) is 2.40. The Morgan fingerprint density at radius 2 is 1.96 bits per heavy atom. The molecule has 3 heterocycles. The number of hydrogen-bond acceptors (Lipinski definition) is 4. The van der Waals surface area contributed by atoms with Crippen molar-refractivity contribution in [2.75, 3.05) is 13.1 Å². The first-order chi connectivity index (χ1) is 12.4. The topological polar surface area (TPSA) is 62.8 Å². The molecule has 1 aromatic carbocycles. The third-order valence-corrected chi connectivity index (χ3v) is 4.79. The number of hydrogen-bond donors (Lipinski definition) is 2. The third kappa shape index (κ3) is 3.62. The highest BCUT2D eigenvalue weighted by Gasteiger charge is 2.37. The number of nitrogens with zero attached hydrogens (tertiary/aromatic N) is 2. The van der Waals surface area contributed by atoms with E-state index in [0.717, 1.165) is 24.5 Å². The van der Waals surface area contributed by atoms with E-state index in [9.17, 15) is 0 Å². The summed E-state index contributed by atoms with van der Waals surface area (Å²) >= 11 is 0. The van der Waals surface area contributed by atoms with Gasteiger partial charge in [-0.15, -0.1) is 0 Å². The highest BCUT2D eigenvalue weighted by molar-refractivity contribution is 5.26. The lowest BCUT2D eigenvalue weighted by molar-refractivity contribution is 0.00242. The van der Waals surface area contributed by atoms with E-state index in [2.05, 4.69) is 50.6 Å². The van der Waals surface area contributed by atoms with E-state index in [-0.39, 0.29) is 12.0 Å². The second kappa shape index (κ2) is 7.59. The number of nitrogens with one attached hydrogen (secondary N) is 2. The van der Waals surface area contributed by atoms with Gasteiger partial charge in [0.15, 0.2) is 0 Å². The van der Waals surface area contributed by atoms with Gasteiger partial charge in [-0.05, 0) is 17.2 Å². The quantitative estimate of drug-likeness (QED) is 0.753. The Hall–Kier alpha value is -2.50. The molecule has 0 aliphatic carbocycles. The SMILES string of the molecule is c1ccc(C2CNCC(OCc3cccnc3)C2c2ncc[nH]2)cc1. The number of rotatable bonds is 5. The molecule has 3 aromatic rings. The molecule has 2 aromatic heterocycles. The van der Waals surface area contributed by atoms with Gasteiger partial charge in [0.1, 0.15) is 5.82 Å². The number of ether oxygens (including phenoxy) is 1. The van der Waals surface area contributed by atoms with Gasteiger partial charge < -0.3 is 15.0 Å². The molecular weight excluding hydrogens is 312 g/mol. The van der Waals surface area contributed by atoms with Gasteiger partial charge in [-0.1, -0.05) is 36.4 Å².